The van der Waals surface area contributed by atoms with Crippen LogP contribution in [-0.4, -0.2) is 24.4 Å². The first-order chi connectivity index (χ1) is 8.11. The van der Waals surface area contributed by atoms with Crippen molar-refractivity contribution in [1.82, 2.24) is 10.3 Å². The van der Waals surface area contributed by atoms with E-state index < -0.39 is 0 Å². The molecular formula is C12H19N3OS. The minimum atomic E-state index is -0.191. The van der Waals surface area contributed by atoms with Crippen molar-refractivity contribution in [2.75, 3.05) is 13.6 Å². The lowest BCUT2D eigenvalue weighted by Crippen LogP contribution is -2.30. The first-order valence-corrected chi connectivity index (χ1v) is 6.75. The molecule has 1 fully saturated rings. The second-order valence-corrected chi connectivity index (χ2v) is 5.83. The molecule has 4 nitrogen and oxygen atoms in total. The third-order valence-corrected chi connectivity index (χ3v) is 4.30. The van der Waals surface area contributed by atoms with Gasteiger partial charge in [0.1, 0.15) is 0 Å². The molecule has 94 valence electrons. The van der Waals surface area contributed by atoms with Crippen molar-refractivity contribution in [2.24, 2.45) is 17.7 Å². The summed E-state index contributed by atoms with van der Waals surface area (Å²) in [6.07, 6.45) is 1.34. The van der Waals surface area contributed by atoms with E-state index in [1.54, 1.807) is 0 Å². The predicted molar refractivity (Wildman–Crippen MR) is 69.6 cm³/mol. The van der Waals surface area contributed by atoms with Gasteiger partial charge in [0.2, 0.25) is 0 Å². The number of hydrogen-bond donors (Lipinski definition) is 2. The van der Waals surface area contributed by atoms with Gasteiger partial charge in [-0.25, -0.2) is 5.84 Å². The fourth-order valence-electron chi connectivity index (χ4n) is 2.13. The van der Waals surface area contributed by atoms with Gasteiger partial charge in [0.25, 0.3) is 5.91 Å². The highest BCUT2D eigenvalue weighted by molar-refractivity contribution is 7.12. The molecule has 0 aromatic carbocycles. The van der Waals surface area contributed by atoms with Crippen LogP contribution in [0, 0.1) is 11.8 Å². The minimum absolute atomic E-state index is 0.191. The first kappa shape index (κ1) is 12.5. The molecule has 2 unspecified atom stereocenters. The molecule has 1 aromatic rings. The molecule has 17 heavy (non-hydrogen) atoms. The summed E-state index contributed by atoms with van der Waals surface area (Å²) >= 11 is 1.44. The maximum absolute atomic E-state index is 11.5. The van der Waals surface area contributed by atoms with Crippen LogP contribution in [0.5, 0.6) is 0 Å². The number of hydrogen-bond acceptors (Lipinski definition) is 4. The first-order valence-electron chi connectivity index (χ1n) is 5.87. The molecule has 0 spiro atoms. The van der Waals surface area contributed by atoms with Gasteiger partial charge in [-0.05, 0) is 42.3 Å². The highest BCUT2D eigenvalue weighted by Gasteiger charge is 2.33. The van der Waals surface area contributed by atoms with Crippen LogP contribution in [-0.2, 0) is 6.54 Å². The Morgan fingerprint density at radius 3 is 3.00 bits per heavy atom. The Morgan fingerprint density at radius 1 is 1.71 bits per heavy atom. The molecule has 3 N–H and O–H groups in total. The standard InChI is InChI=1S/C12H19N3OS/c1-8-5-10(8)7-15(2)6-9-3-4-17-11(9)12(16)14-13/h3-4,8,10H,5-7,13H2,1-2H3,(H,14,16). The van der Waals surface area contributed by atoms with Gasteiger partial charge in [0, 0.05) is 13.1 Å². The molecule has 0 aliphatic heterocycles. The summed E-state index contributed by atoms with van der Waals surface area (Å²) in [6.45, 7) is 4.21. The number of nitrogen functional groups attached to an aromatic ring is 1. The monoisotopic (exact) mass is 253 g/mol. The summed E-state index contributed by atoms with van der Waals surface area (Å²) < 4.78 is 0. The van der Waals surface area contributed by atoms with Crippen molar-refractivity contribution >= 4 is 17.2 Å². The fourth-order valence-corrected chi connectivity index (χ4v) is 2.95. The van der Waals surface area contributed by atoms with Crippen LogP contribution in [0.1, 0.15) is 28.6 Å². The van der Waals surface area contributed by atoms with E-state index in [9.17, 15) is 4.79 Å². The van der Waals surface area contributed by atoms with E-state index in [0.29, 0.717) is 0 Å². The average Bonchev–Trinajstić information content (AvgIpc) is 2.80. The van der Waals surface area contributed by atoms with Crippen molar-refractivity contribution in [3.8, 4) is 0 Å². The summed E-state index contributed by atoms with van der Waals surface area (Å²) in [5.74, 6) is 6.68. The van der Waals surface area contributed by atoms with Crippen molar-refractivity contribution in [3.05, 3.63) is 21.9 Å². The Labute approximate surface area is 106 Å². The summed E-state index contributed by atoms with van der Waals surface area (Å²) in [5.41, 5.74) is 3.26. The highest BCUT2D eigenvalue weighted by atomic mass is 32.1. The van der Waals surface area contributed by atoms with Gasteiger partial charge in [-0.3, -0.25) is 10.2 Å². The highest BCUT2D eigenvalue weighted by Crippen LogP contribution is 2.38. The van der Waals surface area contributed by atoms with Crippen LogP contribution < -0.4 is 11.3 Å². The largest absolute Gasteiger partial charge is 0.302 e. The summed E-state index contributed by atoms with van der Waals surface area (Å²) in [6, 6.07) is 2.00. The Balaban J connectivity index is 1.93. The smallest absolute Gasteiger partial charge is 0.275 e. The summed E-state index contributed by atoms with van der Waals surface area (Å²) in [7, 11) is 2.10. The number of carbonyl (C=O) groups excluding carboxylic acids is 1. The van der Waals surface area contributed by atoms with Gasteiger partial charge < -0.3 is 4.90 Å². The fraction of sp³-hybridized carbons (Fsp3) is 0.583. The van der Waals surface area contributed by atoms with E-state index in [2.05, 4.69) is 24.3 Å². The topological polar surface area (TPSA) is 58.4 Å². The van der Waals surface area contributed by atoms with Crippen LogP contribution in [0.2, 0.25) is 0 Å². The van der Waals surface area contributed by atoms with Crippen LogP contribution in [0.15, 0.2) is 11.4 Å². The number of nitrogens with zero attached hydrogens (tertiary/aromatic N) is 1. The van der Waals surface area contributed by atoms with Crippen LogP contribution in [0.3, 0.4) is 0 Å². The third-order valence-electron chi connectivity index (χ3n) is 3.35. The van der Waals surface area contributed by atoms with E-state index in [4.69, 9.17) is 5.84 Å². The lowest BCUT2D eigenvalue weighted by atomic mass is 10.2. The molecular weight excluding hydrogens is 234 g/mol. The molecule has 2 atom stereocenters. The quantitative estimate of drug-likeness (QED) is 0.474. The van der Waals surface area contributed by atoms with Crippen LogP contribution in [0.4, 0.5) is 0 Å². The molecule has 0 radical (unpaired) electrons. The Hall–Kier alpha value is -0.910. The molecule has 1 aliphatic rings. The molecule has 0 bridgehead atoms. The Morgan fingerprint density at radius 2 is 2.41 bits per heavy atom. The van der Waals surface area contributed by atoms with E-state index >= 15 is 0 Å². The summed E-state index contributed by atoms with van der Waals surface area (Å²) in [4.78, 5) is 14.5. The number of nitrogens with one attached hydrogen (secondary N) is 1. The van der Waals surface area contributed by atoms with Crippen molar-refractivity contribution in [2.45, 2.75) is 19.9 Å². The number of carbonyl (C=O) groups is 1. The number of nitrogens with two attached hydrogens (primary N) is 1. The van der Waals surface area contributed by atoms with Crippen LogP contribution >= 0.6 is 11.3 Å². The molecule has 2 rings (SSSR count). The van der Waals surface area contributed by atoms with Gasteiger partial charge in [-0.2, -0.15) is 0 Å². The second kappa shape index (κ2) is 5.16. The second-order valence-electron chi connectivity index (χ2n) is 4.92. The Kier molecular flexibility index (Phi) is 3.81. The molecule has 5 heteroatoms. The summed E-state index contributed by atoms with van der Waals surface area (Å²) in [5, 5.41) is 1.94. The number of thiophene rings is 1. The van der Waals surface area contributed by atoms with E-state index in [1.165, 1.54) is 17.8 Å². The van der Waals surface area contributed by atoms with Crippen LogP contribution in [0.25, 0.3) is 0 Å². The molecule has 1 aromatic heterocycles. The Bertz CT molecular complexity index is 404. The molecule has 1 amide bonds. The maximum atomic E-state index is 11.5. The van der Waals surface area contributed by atoms with Gasteiger partial charge >= 0.3 is 0 Å². The lowest BCUT2D eigenvalue weighted by Gasteiger charge is -2.16. The normalized spacial score (nSPS) is 22.8. The van der Waals surface area contributed by atoms with E-state index in [0.717, 1.165) is 35.4 Å². The van der Waals surface area contributed by atoms with E-state index in [-0.39, 0.29) is 5.91 Å². The van der Waals surface area contributed by atoms with Gasteiger partial charge in [-0.1, -0.05) is 6.92 Å². The zero-order valence-corrected chi connectivity index (χ0v) is 11.1. The number of rotatable bonds is 5. The van der Waals surface area contributed by atoms with Crippen molar-refractivity contribution in [1.29, 1.82) is 0 Å². The van der Waals surface area contributed by atoms with Crippen molar-refractivity contribution < 1.29 is 4.79 Å². The average molecular weight is 253 g/mol. The SMILES string of the molecule is CC1CC1CN(C)Cc1ccsc1C(=O)NN. The van der Waals surface area contributed by atoms with Gasteiger partial charge in [0.15, 0.2) is 0 Å². The molecule has 1 heterocycles. The predicted octanol–water partition coefficient (Wildman–Crippen LogP) is 1.44. The van der Waals surface area contributed by atoms with Gasteiger partial charge in [-0.15, -0.1) is 11.3 Å². The third kappa shape index (κ3) is 3.06. The van der Waals surface area contributed by atoms with Gasteiger partial charge in [0.05, 0.1) is 4.88 Å². The maximum Gasteiger partial charge on any atom is 0.275 e. The number of amides is 1. The van der Waals surface area contributed by atoms with E-state index in [1.807, 2.05) is 11.4 Å². The zero-order valence-electron chi connectivity index (χ0n) is 10.3. The van der Waals surface area contributed by atoms with Crippen molar-refractivity contribution in [3.63, 3.8) is 0 Å². The zero-order chi connectivity index (χ0) is 12.4. The molecule has 1 aliphatic carbocycles. The minimum Gasteiger partial charge on any atom is -0.302 e. The number of hydrazine groups is 1. The molecule has 0 saturated heterocycles. The molecule has 1 saturated carbocycles. The lowest BCUT2D eigenvalue weighted by molar-refractivity contribution is 0.0956.